The summed E-state index contributed by atoms with van der Waals surface area (Å²) in [6.45, 7) is 3.67. The van der Waals surface area contributed by atoms with Crippen LogP contribution in [0.15, 0.2) is 30.3 Å². The summed E-state index contributed by atoms with van der Waals surface area (Å²) in [5.41, 5.74) is 2.00. The van der Waals surface area contributed by atoms with Gasteiger partial charge in [-0.3, -0.25) is 0 Å². The minimum absolute atomic E-state index is 0.0251. The standard InChI is InChI=1S/C16H14ClFO3/c1-9-5-12(17)6-10(2)15(9)21-8-11-7-13(18)3-4-14(11)16(19)20/h3-7H,8H2,1-2H3,(H,19,20). The molecule has 2 aromatic carbocycles. The molecule has 110 valence electrons. The Kier molecular flexibility index (Phi) is 4.48. The van der Waals surface area contributed by atoms with E-state index in [0.29, 0.717) is 10.8 Å². The van der Waals surface area contributed by atoms with Crippen LogP contribution < -0.4 is 4.74 Å². The molecule has 0 atom stereocenters. The molecule has 0 aromatic heterocycles. The highest BCUT2D eigenvalue weighted by Crippen LogP contribution is 2.28. The van der Waals surface area contributed by atoms with Gasteiger partial charge in [-0.2, -0.15) is 0 Å². The van der Waals surface area contributed by atoms with Gasteiger partial charge in [0.2, 0.25) is 0 Å². The molecule has 0 saturated heterocycles. The van der Waals surface area contributed by atoms with Crippen LogP contribution in [0.25, 0.3) is 0 Å². The quantitative estimate of drug-likeness (QED) is 0.912. The molecule has 0 aliphatic rings. The third-order valence-corrected chi connectivity index (χ3v) is 3.31. The minimum Gasteiger partial charge on any atom is -0.488 e. The van der Waals surface area contributed by atoms with Gasteiger partial charge in [-0.05, 0) is 55.3 Å². The van der Waals surface area contributed by atoms with E-state index in [9.17, 15) is 9.18 Å². The number of rotatable bonds is 4. The molecule has 2 rings (SSSR count). The number of hydrogen-bond donors (Lipinski definition) is 1. The fraction of sp³-hybridized carbons (Fsp3) is 0.188. The van der Waals surface area contributed by atoms with Crippen molar-refractivity contribution in [2.75, 3.05) is 0 Å². The van der Waals surface area contributed by atoms with Crippen LogP contribution in [0.3, 0.4) is 0 Å². The predicted octanol–water partition coefficient (Wildman–Crippen LogP) is 4.37. The van der Waals surface area contributed by atoms with E-state index in [2.05, 4.69) is 0 Å². The van der Waals surface area contributed by atoms with Gasteiger partial charge in [0.25, 0.3) is 0 Å². The topological polar surface area (TPSA) is 46.5 Å². The minimum atomic E-state index is -1.11. The highest BCUT2D eigenvalue weighted by molar-refractivity contribution is 6.30. The van der Waals surface area contributed by atoms with E-state index in [1.807, 2.05) is 13.8 Å². The van der Waals surface area contributed by atoms with E-state index in [0.717, 1.165) is 17.2 Å². The Morgan fingerprint density at radius 1 is 1.24 bits per heavy atom. The third-order valence-electron chi connectivity index (χ3n) is 3.09. The third kappa shape index (κ3) is 3.52. The van der Waals surface area contributed by atoms with Crippen LogP contribution in [0.5, 0.6) is 5.75 Å². The van der Waals surface area contributed by atoms with Crippen LogP contribution in [0, 0.1) is 19.7 Å². The Labute approximate surface area is 126 Å². The molecule has 1 N–H and O–H groups in total. The summed E-state index contributed by atoms with van der Waals surface area (Å²) >= 11 is 5.94. The number of aryl methyl sites for hydroxylation is 2. The zero-order valence-corrected chi connectivity index (χ0v) is 12.4. The molecule has 0 aliphatic heterocycles. The second kappa shape index (κ2) is 6.14. The van der Waals surface area contributed by atoms with E-state index in [1.165, 1.54) is 12.1 Å². The molecule has 0 spiro atoms. The van der Waals surface area contributed by atoms with Crippen LogP contribution in [0.2, 0.25) is 5.02 Å². The molecule has 3 nitrogen and oxygen atoms in total. The number of carbonyl (C=O) groups is 1. The van der Waals surface area contributed by atoms with Gasteiger partial charge in [-0.25, -0.2) is 9.18 Å². The van der Waals surface area contributed by atoms with Gasteiger partial charge in [0.05, 0.1) is 5.56 Å². The zero-order valence-electron chi connectivity index (χ0n) is 11.6. The first-order valence-electron chi connectivity index (χ1n) is 6.29. The molecule has 5 heteroatoms. The number of halogens is 2. The van der Waals surface area contributed by atoms with Crippen molar-refractivity contribution in [3.63, 3.8) is 0 Å². The van der Waals surface area contributed by atoms with E-state index >= 15 is 0 Å². The van der Waals surface area contributed by atoms with Crippen molar-refractivity contribution in [3.05, 3.63) is 63.4 Å². The highest BCUT2D eigenvalue weighted by atomic mass is 35.5. The molecular weight excluding hydrogens is 295 g/mol. The fourth-order valence-corrected chi connectivity index (χ4v) is 2.49. The molecule has 0 saturated carbocycles. The van der Waals surface area contributed by atoms with Gasteiger partial charge >= 0.3 is 5.97 Å². The van der Waals surface area contributed by atoms with Gasteiger partial charge in [0.15, 0.2) is 0 Å². The lowest BCUT2D eigenvalue weighted by Crippen LogP contribution is -2.07. The SMILES string of the molecule is Cc1cc(Cl)cc(C)c1OCc1cc(F)ccc1C(=O)O. The zero-order chi connectivity index (χ0) is 15.6. The number of ether oxygens (including phenoxy) is 1. The predicted molar refractivity (Wildman–Crippen MR) is 78.6 cm³/mol. The molecule has 2 aromatic rings. The Bertz CT molecular complexity index is 675. The summed E-state index contributed by atoms with van der Waals surface area (Å²) < 4.78 is 18.9. The van der Waals surface area contributed by atoms with Crippen molar-refractivity contribution in [2.24, 2.45) is 0 Å². The number of benzene rings is 2. The monoisotopic (exact) mass is 308 g/mol. The molecule has 0 heterocycles. The summed E-state index contributed by atoms with van der Waals surface area (Å²) in [5, 5.41) is 9.71. The Morgan fingerprint density at radius 3 is 2.43 bits per heavy atom. The van der Waals surface area contributed by atoms with E-state index < -0.39 is 11.8 Å². The first-order valence-corrected chi connectivity index (χ1v) is 6.67. The van der Waals surface area contributed by atoms with Crippen LogP contribution in [0.4, 0.5) is 4.39 Å². The summed E-state index contributed by atoms with van der Waals surface area (Å²) in [4.78, 5) is 11.1. The van der Waals surface area contributed by atoms with E-state index in [-0.39, 0.29) is 17.7 Å². The van der Waals surface area contributed by atoms with E-state index in [4.69, 9.17) is 21.4 Å². The van der Waals surface area contributed by atoms with Crippen LogP contribution >= 0.6 is 11.6 Å². The Balaban J connectivity index is 2.28. The Morgan fingerprint density at radius 2 is 1.86 bits per heavy atom. The lowest BCUT2D eigenvalue weighted by Gasteiger charge is -2.14. The average molecular weight is 309 g/mol. The van der Waals surface area contributed by atoms with Crippen LogP contribution in [-0.4, -0.2) is 11.1 Å². The van der Waals surface area contributed by atoms with Crippen molar-refractivity contribution in [1.82, 2.24) is 0 Å². The fourth-order valence-electron chi connectivity index (χ4n) is 2.17. The summed E-state index contributed by atoms with van der Waals surface area (Å²) in [5.74, 6) is -0.985. The normalized spacial score (nSPS) is 10.5. The maximum Gasteiger partial charge on any atom is 0.336 e. The average Bonchev–Trinajstić information content (AvgIpc) is 2.37. The Hall–Kier alpha value is -2.07. The van der Waals surface area contributed by atoms with Crippen molar-refractivity contribution in [3.8, 4) is 5.75 Å². The molecule has 0 unspecified atom stereocenters. The molecule has 0 aliphatic carbocycles. The second-order valence-corrected chi connectivity index (χ2v) is 5.20. The molecular formula is C16H14ClFO3. The van der Waals surface area contributed by atoms with Crippen LogP contribution in [0.1, 0.15) is 27.0 Å². The summed E-state index contributed by atoms with van der Waals surface area (Å²) in [7, 11) is 0. The number of carboxylic acids is 1. The smallest absolute Gasteiger partial charge is 0.336 e. The molecule has 0 radical (unpaired) electrons. The van der Waals surface area contributed by atoms with E-state index in [1.54, 1.807) is 12.1 Å². The van der Waals surface area contributed by atoms with Crippen molar-refractivity contribution >= 4 is 17.6 Å². The maximum atomic E-state index is 13.3. The second-order valence-electron chi connectivity index (χ2n) is 4.76. The summed E-state index contributed by atoms with van der Waals surface area (Å²) in [6.07, 6.45) is 0. The number of hydrogen-bond acceptors (Lipinski definition) is 2. The first kappa shape index (κ1) is 15.3. The largest absolute Gasteiger partial charge is 0.488 e. The summed E-state index contributed by atoms with van der Waals surface area (Å²) in [6, 6.07) is 7.04. The molecule has 0 bridgehead atoms. The van der Waals surface area contributed by atoms with Gasteiger partial charge in [-0.15, -0.1) is 0 Å². The van der Waals surface area contributed by atoms with Gasteiger partial charge < -0.3 is 9.84 Å². The molecule has 0 fully saturated rings. The van der Waals surface area contributed by atoms with Crippen LogP contribution in [-0.2, 0) is 6.61 Å². The maximum absolute atomic E-state index is 13.3. The number of aromatic carboxylic acids is 1. The van der Waals surface area contributed by atoms with Gasteiger partial charge in [0, 0.05) is 10.6 Å². The molecule has 21 heavy (non-hydrogen) atoms. The van der Waals surface area contributed by atoms with Gasteiger partial charge in [0.1, 0.15) is 18.2 Å². The van der Waals surface area contributed by atoms with Crippen molar-refractivity contribution in [1.29, 1.82) is 0 Å². The lowest BCUT2D eigenvalue weighted by molar-refractivity contribution is 0.0694. The van der Waals surface area contributed by atoms with Crippen molar-refractivity contribution in [2.45, 2.75) is 20.5 Å². The number of carboxylic acid groups (broad SMARTS) is 1. The van der Waals surface area contributed by atoms with Crippen molar-refractivity contribution < 1.29 is 19.0 Å². The molecule has 0 amide bonds. The van der Waals surface area contributed by atoms with Gasteiger partial charge in [-0.1, -0.05) is 11.6 Å². The highest BCUT2D eigenvalue weighted by Gasteiger charge is 2.13. The lowest BCUT2D eigenvalue weighted by atomic mass is 10.1. The first-order chi connectivity index (χ1) is 9.88.